The number of carbonyl (C=O) groups is 2. The number of aromatic amines is 1. The highest BCUT2D eigenvalue weighted by Gasteiger charge is 2.60. The van der Waals surface area contributed by atoms with Crippen molar-refractivity contribution in [2.75, 3.05) is 0 Å². The summed E-state index contributed by atoms with van der Waals surface area (Å²) in [6, 6.07) is 0. The Labute approximate surface area is 105 Å². The van der Waals surface area contributed by atoms with E-state index in [-0.39, 0.29) is 11.8 Å². The van der Waals surface area contributed by atoms with Gasteiger partial charge in [0, 0.05) is 5.92 Å². The third-order valence-electron chi connectivity index (χ3n) is 3.99. The topological polar surface area (TPSA) is 110 Å². The molecule has 96 valence electrons. The van der Waals surface area contributed by atoms with Gasteiger partial charge in [-0.25, -0.2) is 14.8 Å². The number of imidazole rings is 1. The fourth-order valence-corrected chi connectivity index (χ4v) is 3.01. The first kappa shape index (κ1) is 10.4. The summed E-state index contributed by atoms with van der Waals surface area (Å²) in [6.45, 7) is 0. The third-order valence-corrected chi connectivity index (χ3v) is 3.99. The van der Waals surface area contributed by atoms with Crippen LogP contribution in [0.4, 0.5) is 0 Å². The smallest absolute Gasteiger partial charge is 0.294 e. The number of nitrogens with zero attached hydrogens (tertiary/aromatic N) is 3. The molecule has 0 spiro atoms. The number of rotatable bonds is 1. The van der Waals surface area contributed by atoms with E-state index in [1.807, 2.05) is 0 Å². The van der Waals surface area contributed by atoms with Crippen molar-refractivity contribution in [2.45, 2.75) is 18.4 Å². The maximum atomic E-state index is 12.1. The second-order valence-corrected chi connectivity index (χ2v) is 4.98. The summed E-state index contributed by atoms with van der Waals surface area (Å²) >= 11 is 0. The third kappa shape index (κ3) is 1.11. The van der Waals surface area contributed by atoms with Crippen molar-refractivity contribution >= 4 is 23.0 Å². The molecule has 2 N–H and O–H groups in total. The maximum Gasteiger partial charge on any atom is 0.328 e. The van der Waals surface area contributed by atoms with Gasteiger partial charge < -0.3 is 0 Å². The number of hydrogen-bond acceptors (Lipinski definition) is 5. The van der Waals surface area contributed by atoms with Crippen LogP contribution in [0.1, 0.15) is 12.8 Å². The van der Waals surface area contributed by atoms with Crippen LogP contribution in [-0.4, -0.2) is 31.3 Å². The van der Waals surface area contributed by atoms with Gasteiger partial charge in [-0.05, 0) is 12.8 Å². The molecule has 2 aromatic rings. The van der Waals surface area contributed by atoms with Gasteiger partial charge in [-0.2, -0.15) is 0 Å². The van der Waals surface area contributed by atoms with E-state index < -0.39 is 17.1 Å². The minimum atomic E-state index is -0.974. The molecule has 3 aliphatic rings. The molecule has 0 atom stereocenters. The fourth-order valence-electron chi connectivity index (χ4n) is 3.01. The Morgan fingerprint density at radius 1 is 1.32 bits per heavy atom. The Hall–Kier alpha value is -2.51. The zero-order valence-corrected chi connectivity index (χ0v) is 9.71. The van der Waals surface area contributed by atoms with Crippen LogP contribution in [0.3, 0.4) is 0 Å². The molecule has 3 fully saturated rings. The molecule has 0 aromatic carbocycles. The molecule has 19 heavy (non-hydrogen) atoms. The highest BCUT2D eigenvalue weighted by Crippen LogP contribution is 2.47. The monoisotopic (exact) mass is 259 g/mol. The van der Waals surface area contributed by atoms with E-state index in [0.29, 0.717) is 24.0 Å². The van der Waals surface area contributed by atoms with Gasteiger partial charge >= 0.3 is 5.69 Å². The molecule has 2 saturated heterocycles. The van der Waals surface area contributed by atoms with Crippen LogP contribution in [0.2, 0.25) is 0 Å². The molecule has 0 unspecified atom stereocenters. The van der Waals surface area contributed by atoms with Crippen LogP contribution < -0.4 is 11.0 Å². The van der Waals surface area contributed by atoms with E-state index in [0.717, 1.165) is 0 Å². The first-order chi connectivity index (χ1) is 9.12. The average molecular weight is 259 g/mol. The lowest BCUT2D eigenvalue weighted by Crippen LogP contribution is -2.68. The van der Waals surface area contributed by atoms with Gasteiger partial charge in [0.2, 0.25) is 5.91 Å². The second kappa shape index (κ2) is 3.08. The number of nitrogens with one attached hydrogen (secondary N) is 2. The molecule has 4 heterocycles. The molecule has 0 radical (unpaired) electrons. The summed E-state index contributed by atoms with van der Waals surface area (Å²) in [7, 11) is 0. The predicted octanol–water partition coefficient (Wildman–Crippen LogP) is -1.12. The average Bonchev–Trinajstić information content (AvgIpc) is 2.64. The lowest BCUT2D eigenvalue weighted by atomic mass is 9.64. The van der Waals surface area contributed by atoms with Gasteiger partial charge in [-0.1, -0.05) is 0 Å². The lowest BCUT2D eigenvalue weighted by molar-refractivity contribution is -0.156. The SMILES string of the molecule is O=C1NC(=O)C2(n3c(=O)[nH]c4ncncc43)CC1C2. The second-order valence-electron chi connectivity index (χ2n) is 4.98. The Bertz CT molecular complexity index is 783. The van der Waals surface area contributed by atoms with Crippen molar-refractivity contribution in [3.63, 3.8) is 0 Å². The highest BCUT2D eigenvalue weighted by atomic mass is 16.2. The van der Waals surface area contributed by atoms with Crippen molar-refractivity contribution in [2.24, 2.45) is 5.92 Å². The molecule has 2 aromatic heterocycles. The molecule has 2 bridgehead atoms. The first-order valence-electron chi connectivity index (χ1n) is 5.88. The number of hydrogen-bond donors (Lipinski definition) is 2. The largest absolute Gasteiger partial charge is 0.328 e. The van der Waals surface area contributed by atoms with Crippen LogP contribution in [0.25, 0.3) is 11.2 Å². The predicted molar refractivity (Wildman–Crippen MR) is 62.0 cm³/mol. The van der Waals surface area contributed by atoms with E-state index >= 15 is 0 Å². The van der Waals surface area contributed by atoms with Crippen molar-refractivity contribution in [3.05, 3.63) is 23.0 Å². The summed E-state index contributed by atoms with van der Waals surface area (Å²) in [6.07, 6.45) is 3.54. The van der Waals surface area contributed by atoms with E-state index in [2.05, 4.69) is 20.3 Å². The standard InChI is InChI=1S/C11H9N5O3/c17-8-5-1-11(2-5,9(18)15-8)16-6-3-12-4-13-7(6)14-10(16)19/h3-5H,1-2H2,(H,15,17,18)(H,12,13,14,19). The zero-order chi connectivity index (χ0) is 13.2. The van der Waals surface area contributed by atoms with Gasteiger partial charge in [0.1, 0.15) is 17.4 Å². The molecule has 2 amide bonds. The molecule has 2 aliphatic heterocycles. The van der Waals surface area contributed by atoms with E-state index in [1.54, 1.807) is 0 Å². The molecule has 1 saturated carbocycles. The van der Waals surface area contributed by atoms with Crippen LogP contribution >= 0.6 is 0 Å². The number of piperidine rings is 2. The normalized spacial score (nSPS) is 29.2. The molecule has 5 rings (SSSR count). The van der Waals surface area contributed by atoms with Crippen LogP contribution in [0.15, 0.2) is 17.3 Å². The van der Waals surface area contributed by atoms with Crippen molar-refractivity contribution in [1.29, 1.82) is 0 Å². The number of fused-ring (bicyclic) bond motifs is 3. The fraction of sp³-hybridized carbons (Fsp3) is 0.364. The maximum absolute atomic E-state index is 12.1. The summed E-state index contributed by atoms with van der Waals surface area (Å²) in [5, 5.41) is 2.31. The molecular formula is C11H9N5O3. The number of amides is 2. The summed E-state index contributed by atoms with van der Waals surface area (Å²) < 4.78 is 1.38. The Balaban J connectivity index is 1.97. The van der Waals surface area contributed by atoms with Crippen molar-refractivity contribution < 1.29 is 9.59 Å². The summed E-state index contributed by atoms with van der Waals surface area (Å²) in [5.41, 5.74) is -0.505. The van der Waals surface area contributed by atoms with Crippen molar-refractivity contribution in [3.8, 4) is 0 Å². The number of H-pyrrole nitrogens is 1. The molecule has 1 aliphatic carbocycles. The minimum Gasteiger partial charge on any atom is -0.294 e. The van der Waals surface area contributed by atoms with Crippen LogP contribution in [-0.2, 0) is 15.1 Å². The summed E-state index contributed by atoms with van der Waals surface area (Å²) in [4.78, 5) is 46.1. The summed E-state index contributed by atoms with van der Waals surface area (Å²) in [5.74, 6) is -0.873. The van der Waals surface area contributed by atoms with Crippen molar-refractivity contribution in [1.82, 2.24) is 24.8 Å². The highest BCUT2D eigenvalue weighted by molar-refractivity contribution is 6.06. The number of imide groups is 1. The van der Waals surface area contributed by atoms with Gasteiger partial charge in [-0.15, -0.1) is 0 Å². The van der Waals surface area contributed by atoms with Gasteiger partial charge in [0.05, 0.1) is 6.20 Å². The van der Waals surface area contributed by atoms with Gasteiger partial charge in [-0.3, -0.25) is 24.5 Å². The first-order valence-corrected chi connectivity index (χ1v) is 5.88. The van der Waals surface area contributed by atoms with E-state index in [4.69, 9.17) is 0 Å². The van der Waals surface area contributed by atoms with Crippen LogP contribution in [0.5, 0.6) is 0 Å². The Kier molecular flexibility index (Phi) is 1.69. The number of carbonyl (C=O) groups excluding carboxylic acids is 2. The zero-order valence-electron chi connectivity index (χ0n) is 9.71. The van der Waals surface area contributed by atoms with Gasteiger partial charge in [0.25, 0.3) is 5.91 Å². The van der Waals surface area contributed by atoms with E-state index in [9.17, 15) is 14.4 Å². The van der Waals surface area contributed by atoms with Crippen LogP contribution in [0, 0.1) is 5.92 Å². The molecular weight excluding hydrogens is 250 g/mol. The van der Waals surface area contributed by atoms with Gasteiger partial charge in [0.15, 0.2) is 5.65 Å². The lowest BCUT2D eigenvalue weighted by Gasteiger charge is -2.49. The quantitative estimate of drug-likeness (QED) is 0.630. The Morgan fingerprint density at radius 3 is 2.84 bits per heavy atom. The Morgan fingerprint density at radius 2 is 2.11 bits per heavy atom. The number of aromatic nitrogens is 4. The van der Waals surface area contributed by atoms with E-state index in [1.165, 1.54) is 17.1 Å². The molecule has 8 nitrogen and oxygen atoms in total. The molecule has 8 heteroatoms. The minimum absolute atomic E-state index is 0.195.